The molecule has 1 unspecified atom stereocenters. The van der Waals surface area contributed by atoms with Gasteiger partial charge in [0.15, 0.2) is 5.60 Å². The van der Waals surface area contributed by atoms with Gasteiger partial charge < -0.3 is 14.7 Å². The van der Waals surface area contributed by atoms with Crippen LogP contribution >= 0.6 is 0 Å². The average Bonchev–Trinajstić information content (AvgIpc) is 2.53. The number of nitrogens with zero attached hydrogens (tertiary/aromatic N) is 2. The highest BCUT2D eigenvalue weighted by molar-refractivity contribution is 5.86. The fraction of sp³-hybridized carbons (Fsp3) is 0.611. The maximum atomic E-state index is 12.8. The molecule has 2 heterocycles. The summed E-state index contributed by atoms with van der Waals surface area (Å²) in [5.41, 5.74) is 1.06. The molecule has 23 heavy (non-hydrogen) atoms. The highest BCUT2D eigenvalue weighted by atomic mass is 16.5. The third-order valence-electron chi connectivity index (χ3n) is 4.75. The number of likely N-dealkylation sites (tertiary alicyclic amines) is 1. The third kappa shape index (κ3) is 3.91. The minimum atomic E-state index is -1.25. The molecule has 3 rings (SSSR count). The number of morpholine rings is 1. The van der Waals surface area contributed by atoms with E-state index in [1.54, 1.807) is 4.90 Å². The Kier molecular flexibility index (Phi) is 4.99. The molecule has 0 spiro atoms. The van der Waals surface area contributed by atoms with Gasteiger partial charge in [-0.2, -0.15) is 0 Å². The Balaban J connectivity index is 1.67. The first-order valence-electron chi connectivity index (χ1n) is 8.44. The molecule has 5 heteroatoms. The minimum absolute atomic E-state index is 0.128. The molecule has 5 nitrogen and oxygen atoms in total. The van der Waals surface area contributed by atoms with Gasteiger partial charge in [0.1, 0.15) is 0 Å². The molecule has 2 aliphatic rings. The van der Waals surface area contributed by atoms with Crippen molar-refractivity contribution in [1.29, 1.82) is 0 Å². The van der Waals surface area contributed by atoms with Gasteiger partial charge in [-0.25, -0.2) is 0 Å². The monoisotopic (exact) mass is 318 g/mol. The van der Waals surface area contributed by atoms with E-state index in [2.05, 4.69) is 24.0 Å². The van der Waals surface area contributed by atoms with Gasteiger partial charge in [-0.3, -0.25) is 9.69 Å². The third-order valence-corrected chi connectivity index (χ3v) is 4.75. The Bertz CT molecular complexity index is 557. The fourth-order valence-electron chi connectivity index (χ4n) is 3.52. The quantitative estimate of drug-likeness (QED) is 0.906. The van der Waals surface area contributed by atoms with Gasteiger partial charge in [-0.05, 0) is 25.3 Å². The lowest BCUT2D eigenvalue weighted by molar-refractivity contribution is -0.161. The van der Waals surface area contributed by atoms with Crippen molar-refractivity contribution in [3.8, 4) is 0 Å². The molecule has 126 valence electrons. The number of benzene rings is 1. The van der Waals surface area contributed by atoms with E-state index in [1.807, 2.05) is 12.1 Å². The smallest absolute Gasteiger partial charge is 0.256 e. The second kappa shape index (κ2) is 6.99. The molecular formula is C18H26N2O3. The van der Waals surface area contributed by atoms with Crippen LogP contribution in [-0.2, 0) is 16.1 Å². The molecule has 0 saturated carbocycles. The van der Waals surface area contributed by atoms with Crippen molar-refractivity contribution in [2.45, 2.75) is 31.9 Å². The predicted octanol–water partition coefficient (Wildman–Crippen LogP) is 1.18. The van der Waals surface area contributed by atoms with Crippen LogP contribution in [0.2, 0.25) is 0 Å². The maximum absolute atomic E-state index is 12.8. The van der Waals surface area contributed by atoms with Gasteiger partial charge in [0, 0.05) is 32.7 Å². The SMILES string of the molecule is Cc1cccc(CN2CCCC(O)(CN3CCOCC3)C2=O)c1. The number of hydrogen-bond acceptors (Lipinski definition) is 4. The Morgan fingerprint density at radius 1 is 1.26 bits per heavy atom. The Morgan fingerprint density at radius 2 is 2.04 bits per heavy atom. The van der Waals surface area contributed by atoms with Gasteiger partial charge in [0.05, 0.1) is 13.2 Å². The molecule has 1 N–H and O–H groups in total. The highest BCUT2D eigenvalue weighted by Gasteiger charge is 2.43. The first kappa shape index (κ1) is 16.4. The van der Waals surface area contributed by atoms with Crippen LogP contribution in [0.3, 0.4) is 0 Å². The van der Waals surface area contributed by atoms with Crippen molar-refractivity contribution in [2.75, 3.05) is 39.4 Å². The van der Waals surface area contributed by atoms with E-state index in [0.29, 0.717) is 32.7 Å². The van der Waals surface area contributed by atoms with Crippen LogP contribution < -0.4 is 0 Å². The lowest BCUT2D eigenvalue weighted by atomic mass is 9.90. The van der Waals surface area contributed by atoms with E-state index >= 15 is 0 Å². The van der Waals surface area contributed by atoms with Crippen molar-refractivity contribution in [2.24, 2.45) is 0 Å². The topological polar surface area (TPSA) is 53.0 Å². The fourth-order valence-corrected chi connectivity index (χ4v) is 3.52. The summed E-state index contributed by atoms with van der Waals surface area (Å²) in [4.78, 5) is 16.8. The van der Waals surface area contributed by atoms with Crippen molar-refractivity contribution in [1.82, 2.24) is 9.80 Å². The number of piperidine rings is 1. The van der Waals surface area contributed by atoms with Gasteiger partial charge >= 0.3 is 0 Å². The van der Waals surface area contributed by atoms with Gasteiger partial charge in [0.25, 0.3) is 5.91 Å². The molecule has 1 aromatic carbocycles. The molecule has 2 saturated heterocycles. The van der Waals surface area contributed by atoms with Crippen LogP contribution in [0.25, 0.3) is 0 Å². The molecule has 2 aliphatic heterocycles. The van der Waals surface area contributed by atoms with E-state index in [4.69, 9.17) is 4.74 Å². The predicted molar refractivity (Wildman–Crippen MR) is 88.0 cm³/mol. The van der Waals surface area contributed by atoms with Gasteiger partial charge in [-0.1, -0.05) is 29.8 Å². The summed E-state index contributed by atoms with van der Waals surface area (Å²) >= 11 is 0. The zero-order chi connectivity index (χ0) is 16.3. The Labute approximate surface area is 137 Å². The van der Waals surface area contributed by atoms with Crippen molar-refractivity contribution < 1.29 is 14.6 Å². The van der Waals surface area contributed by atoms with Crippen LogP contribution in [0.4, 0.5) is 0 Å². The highest BCUT2D eigenvalue weighted by Crippen LogP contribution is 2.25. The number of aliphatic hydroxyl groups is 1. The first-order valence-corrected chi connectivity index (χ1v) is 8.44. The standard InChI is InChI=1S/C18H26N2O3/c1-15-4-2-5-16(12-15)13-20-7-3-6-18(22,17(20)21)14-19-8-10-23-11-9-19/h2,4-5,12,22H,3,6-11,13-14H2,1H3. The zero-order valence-corrected chi connectivity index (χ0v) is 13.8. The number of carbonyl (C=O) groups excluding carboxylic acids is 1. The van der Waals surface area contributed by atoms with E-state index in [1.165, 1.54) is 5.56 Å². The molecule has 0 radical (unpaired) electrons. The number of hydrogen-bond donors (Lipinski definition) is 1. The van der Waals surface area contributed by atoms with E-state index in [9.17, 15) is 9.90 Å². The molecule has 1 atom stereocenters. The maximum Gasteiger partial charge on any atom is 0.256 e. The van der Waals surface area contributed by atoms with E-state index in [-0.39, 0.29) is 5.91 Å². The zero-order valence-electron chi connectivity index (χ0n) is 13.8. The van der Waals surface area contributed by atoms with E-state index < -0.39 is 5.60 Å². The van der Waals surface area contributed by atoms with Crippen molar-refractivity contribution >= 4 is 5.91 Å². The van der Waals surface area contributed by atoms with Gasteiger partial charge in [0.2, 0.25) is 0 Å². The van der Waals surface area contributed by atoms with Crippen LogP contribution in [0.5, 0.6) is 0 Å². The molecule has 0 aromatic heterocycles. The lowest BCUT2D eigenvalue weighted by Crippen LogP contribution is -2.59. The second-order valence-corrected chi connectivity index (χ2v) is 6.74. The van der Waals surface area contributed by atoms with Crippen molar-refractivity contribution in [3.05, 3.63) is 35.4 Å². The number of aryl methyl sites for hydroxylation is 1. The molecule has 1 aromatic rings. The number of amides is 1. The number of rotatable bonds is 4. The van der Waals surface area contributed by atoms with Crippen LogP contribution in [0, 0.1) is 6.92 Å². The summed E-state index contributed by atoms with van der Waals surface area (Å²) in [7, 11) is 0. The van der Waals surface area contributed by atoms with Crippen LogP contribution in [-0.4, -0.2) is 65.8 Å². The Morgan fingerprint density at radius 3 is 2.78 bits per heavy atom. The summed E-state index contributed by atoms with van der Waals surface area (Å²) in [5.74, 6) is -0.128. The number of ether oxygens (including phenoxy) is 1. The van der Waals surface area contributed by atoms with E-state index in [0.717, 1.165) is 31.6 Å². The molecule has 2 fully saturated rings. The van der Waals surface area contributed by atoms with Gasteiger partial charge in [-0.15, -0.1) is 0 Å². The van der Waals surface area contributed by atoms with Crippen molar-refractivity contribution in [3.63, 3.8) is 0 Å². The minimum Gasteiger partial charge on any atom is -0.379 e. The molecular weight excluding hydrogens is 292 g/mol. The lowest BCUT2D eigenvalue weighted by Gasteiger charge is -2.41. The summed E-state index contributed by atoms with van der Waals surface area (Å²) in [5, 5.41) is 10.9. The van der Waals surface area contributed by atoms with Crippen LogP contribution in [0.15, 0.2) is 24.3 Å². The molecule has 0 bridgehead atoms. The first-order chi connectivity index (χ1) is 11.1. The second-order valence-electron chi connectivity index (χ2n) is 6.74. The normalized spacial score (nSPS) is 26.5. The average molecular weight is 318 g/mol. The summed E-state index contributed by atoms with van der Waals surface area (Å²) in [6.45, 7) is 6.69. The largest absolute Gasteiger partial charge is 0.379 e. The van der Waals surface area contributed by atoms with Crippen LogP contribution in [0.1, 0.15) is 24.0 Å². The number of β-amino-alcohol motifs (C(OH)–C–C–N with tert-alkyl or cyclic N) is 1. The Hall–Kier alpha value is -1.43. The summed E-state index contributed by atoms with van der Waals surface area (Å²) in [6.07, 6.45) is 1.39. The summed E-state index contributed by atoms with van der Waals surface area (Å²) in [6, 6.07) is 8.20. The molecule has 0 aliphatic carbocycles. The number of carbonyl (C=O) groups is 1. The molecule has 1 amide bonds. The summed E-state index contributed by atoms with van der Waals surface area (Å²) < 4.78 is 5.34.